The zero-order chi connectivity index (χ0) is 12.4. The van der Waals surface area contributed by atoms with Crippen molar-refractivity contribution >= 4 is 5.82 Å². The summed E-state index contributed by atoms with van der Waals surface area (Å²) in [6.07, 6.45) is 3.00. The van der Waals surface area contributed by atoms with E-state index in [0.29, 0.717) is 12.8 Å². The van der Waals surface area contributed by atoms with Gasteiger partial charge in [0.1, 0.15) is 5.82 Å². The summed E-state index contributed by atoms with van der Waals surface area (Å²) in [5.41, 5.74) is 5.06. The molecule has 1 saturated carbocycles. The number of aliphatic hydroxyl groups is 2. The molecule has 6 nitrogen and oxygen atoms in total. The number of anilines is 1. The number of hydrogen-bond donors (Lipinski definition) is 3. The zero-order valence-corrected chi connectivity index (χ0v) is 9.49. The summed E-state index contributed by atoms with van der Waals surface area (Å²) in [4.78, 5) is 15.3. The van der Waals surface area contributed by atoms with Crippen molar-refractivity contribution in [1.82, 2.24) is 9.55 Å². The predicted octanol–water partition coefficient (Wildman–Crippen LogP) is -0.623. The van der Waals surface area contributed by atoms with E-state index in [1.807, 2.05) is 0 Å². The number of nitrogens with zero attached hydrogens (tertiary/aromatic N) is 2. The number of hydrogen-bond acceptors (Lipinski definition) is 5. The van der Waals surface area contributed by atoms with Gasteiger partial charge >= 0.3 is 5.69 Å². The zero-order valence-electron chi connectivity index (χ0n) is 9.49. The summed E-state index contributed by atoms with van der Waals surface area (Å²) >= 11 is 0. The maximum Gasteiger partial charge on any atom is 0.349 e. The number of rotatable bonds is 3. The number of nitrogen functional groups attached to an aromatic ring is 1. The summed E-state index contributed by atoms with van der Waals surface area (Å²) in [6.45, 7) is 0.0811. The highest BCUT2D eigenvalue weighted by atomic mass is 16.3. The van der Waals surface area contributed by atoms with Gasteiger partial charge in [-0.05, 0) is 30.7 Å². The van der Waals surface area contributed by atoms with Gasteiger partial charge in [0, 0.05) is 25.5 Å². The van der Waals surface area contributed by atoms with E-state index in [2.05, 4.69) is 4.98 Å². The average Bonchev–Trinajstić information content (AvgIpc) is 2.72. The van der Waals surface area contributed by atoms with Gasteiger partial charge in [0.2, 0.25) is 0 Å². The second-order valence-corrected chi connectivity index (χ2v) is 4.55. The van der Waals surface area contributed by atoms with Gasteiger partial charge in [-0.1, -0.05) is 0 Å². The first-order chi connectivity index (χ1) is 8.15. The summed E-state index contributed by atoms with van der Waals surface area (Å²) in [6, 6.07) is 1.58. The fourth-order valence-electron chi connectivity index (χ4n) is 2.56. The van der Waals surface area contributed by atoms with Crippen molar-refractivity contribution in [1.29, 1.82) is 0 Å². The Kier molecular flexibility index (Phi) is 3.44. The Morgan fingerprint density at radius 1 is 1.35 bits per heavy atom. The predicted molar refractivity (Wildman–Crippen MR) is 62.3 cm³/mol. The van der Waals surface area contributed by atoms with Crippen molar-refractivity contribution in [3.8, 4) is 0 Å². The highest BCUT2D eigenvalue weighted by Gasteiger charge is 2.34. The minimum Gasteiger partial charge on any atom is -0.396 e. The molecule has 1 aliphatic rings. The van der Waals surface area contributed by atoms with Crippen molar-refractivity contribution in [3.05, 3.63) is 22.7 Å². The lowest BCUT2D eigenvalue weighted by molar-refractivity contribution is 0.141. The van der Waals surface area contributed by atoms with Crippen LogP contribution in [0.25, 0.3) is 0 Å². The van der Waals surface area contributed by atoms with Crippen molar-refractivity contribution in [2.75, 3.05) is 18.9 Å². The molecule has 1 aromatic heterocycles. The molecule has 1 aromatic rings. The van der Waals surface area contributed by atoms with Crippen LogP contribution in [0.3, 0.4) is 0 Å². The molecule has 0 spiro atoms. The lowest BCUT2D eigenvalue weighted by Gasteiger charge is -2.12. The SMILES string of the molecule is Nc1ccn(C2CC(CO)C(CO)C2)c(=O)n1. The Bertz CT molecular complexity index is 434. The molecule has 0 amide bonds. The van der Waals surface area contributed by atoms with Crippen molar-refractivity contribution in [2.24, 2.45) is 11.8 Å². The quantitative estimate of drug-likeness (QED) is 0.652. The molecule has 0 saturated heterocycles. The second kappa shape index (κ2) is 4.85. The molecule has 0 aliphatic heterocycles. The molecule has 2 rings (SSSR count). The summed E-state index contributed by atoms with van der Waals surface area (Å²) < 4.78 is 1.54. The fraction of sp³-hybridized carbons (Fsp3) is 0.636. The third-order valence-corrected chi connectivity index (χ3v) is 3.53. The van der Waals surface area contributed by atoms with E-state index in [9.17, 15) is 15.0 Å². The molecule has 0 bridgehead atoms. The average molecular weight is 239 g/mol. The van der Waals surface area contributed by atoms with Crippen LogP contribution in [0, 0.1) is 11.8 Å². The molecule has 0 aromatic carbocycles. The van der Waals surface area contributed by atoms with Gasteiger partial charge < -0.3 is 15.9 Å². The van der Waals surface area contributed by atoms with E-state index >= 15 is 0 Å². The van der Waals surface area contributed by atoms with Crippen LogP contribution in [-0.4, -0.2) is 33.0 Å². The van der Waals surface area contributed by atoms with Crippen LogP contribution >= 0.6 is 0 Å². The van der Waals surface area contributed by atoms with Crippen molar-refractivity contribution < 1.29 is 10.2 Å². The Hall–Kier alpha value is -1.40. The van der Waals surface area contributed by atoms with E-state index in [1.54, 1.807) is 12.3 Å². The summed E-state index contributed by atoms with van der Waals surface area (Å²) in [5, 5.41) is 18.4. The van der Waals surface area contributed by atoms with Crippen LogP contribution in [0.2, 0.25) is 0 Å². The Morgan fingerprint density at radius 2 is 1.94 bits per heavy atom. The van der Waals surface area contributed by atoms with Gasteiger partial charge in [0.15, 0.2) is 0 Å². The summed E-state index contributed by atoms with van der Waals surface area (Å²) in [7, 11) is 0. The largest absolute Gasteiger partial charge is 0.396 e. The molecule has 1 aliphatic carbocycles. The molecular weight excluding hydrogens is 222 g/mol. The van der Waals surface area contributed by atoms with Crippen LogP contribution in [0.4, 0.5) is 5.82 Å². The second-order valence-electron chi connectivity index (χ2n) is 4.55. The first-order valence-electron chi connectivity index (χ1n) is 5.72. The van der Waals surface area contributed by atoms with Gasteiger partial charge in [-0.3, -0.25) is 4.57 Å². The van der Waals surface area contributed by atoms with E-state index in [4.69, 9.17) is 5.73 Å². The topological polar surface area (TPSA) is 101 Å². The van der Waals surface area contributed by atoms with Crippen molar-refractivity contribution in [3.63, 3.8) is 0 Å². The lowest BCUT2D eigenvalue weighted by Crippen LogP contribution is -2.26. The highest BCUT2D eigenvalue weighted by molar-refractivity contribution is 5.23. The van der Waals surface area contributed by atoms with Crippen LogP contribution in [0.1, 0.15) is 18.9 Å². The van der Waals surface area contributed by atoms with Gasteiger partial charge in [0.25, 0.3) is 0 Å². The van der Waals surface area contributed by atoms with E-state index < -0.39 is 0 Å². The van der Waals surface area contributed by atoms with Crippen LogP contribution in [-0.2, 0) is 0 Å². The highest BCUT2D eigenvalue weighted by Crippen LogP contribution is 2.38. The first kappa shape index (κ1) is 12.1. The molecule has 17 heavy (non-hydrogen) atoms. The van der Waals surface area contributed by atoms with Gasteiger partial charge in [-0.25, -0.2) is 4.79 Å². The molecule has 1 fully saturated rings. The molecule has 94 valence electrons. The number of aromatic nitrogens is 2. The molecule has 1 heterocycles. The van der Waals surface area contributed by atoms with E-state index in [0.717, 1.165) is 0 Å². The third kappa shape index (κ3) is 2.32. The molecule has 6 heteroatoms. The minimum atomic E-state index is -0.370. The van der Waals surface area contributed by atoms with Crippen LogP contribution < -0.4 is 11.4 Å². The third-order valence-electron chi connectivity index (χ3n) is 3.53. The molecule has 4 N–H and O–H groups in total. The maximum atomic E-state index is 11.7. The summed E-state index contributed by atoms with van der Waals surface area (Å²) in [5.74, 6) is 0.311. The number of nitrogens with two attached hydrogens (primary N) is 1. The lowest BCUT2D eigenvalue weighted by atomic mass is 9.98. The Morgan fingerprint density at radius 3 is 2.41 bits per heavy atom. The van der Waals surface area contributed by atoms with Gasteiger partial charge in [-0.15, -0.1) is 0 Å². The normalized spacial score (nSPS) is 28.5. The first-order valence-corrected chi connectivity index (χ1v) is 5.72. The molecule has 2 atom stereocenters. The van der Waals surface area contributed by atoms with E-state index in [-0.39, 0.29) is 42.6 Å². The fourth-order valence-corrected chi connectivity index (χ4v) is 2.56. The van der Waals surface area contributed by atoms with Gasteiger partial charge in [-0.2, -0.15) is 4.98 Å². The van der Waals surface area contributed by atoms with Gasteiger partial charge in [0.05, 0.1) is 0 Å². The smallest absolute Gasteiger partial charge is 0.349 e. The monoisotopic (exact) mass is 239 g/mol. The van der Waals surface area contributed by atoms with Crippen LogP contribution in [0.5, 0.6) is 0 Å². The molecule has 0 radical (unpaired) electrons. The minimum absolute atomic E-state index is 0.00935. The molecular formula is C11H17N3O3. The van der Waals surface area contributed by atoms with E-state index in [1.165, 1.54) is 4.57 Å². The Balaban J connectivity index is 2.22. The van der Waals surface area contributed by atoms with Crippen LogP contribution in [0.15, 0.2) is 17.1 Å². The maximum absolute atomic E-state index is 11.7. The molecule has 2 unspecified atom stereocenters. The van der Waals surface area contributed by atoms with Crippen molar-refractivity contribution in [2.45, 2.75) is 18.9 Å². The number of aliphatic hydroxyl groups excluding tert-OH is 2. The standard InChI is InChI=1S/C11H17N3O3/c12-10-1-2-14(11(17)13-10)9-3-7(5-15)8(4-9)6-16/h1-2,7-9,15-16H,3-6H2,(H2,12,13,17). The Labute approximate surface area is 98.7 Å².